The average molecular weight is 391 g/mol. The fraction of sp³-hybridized carbons (Fsp3) is 0.0714. The lowest BCUT2D eigenvalue weighted by molar-refractivity contribution is 0.0601. The minimum Gasteiger partial charge on any atom is -0.465 e. The molecule has 2 aromatic carbocycles. The van der Waals surface area contributed by atoms with Crippen LogP contribution in [-0.2, 0) is 4.74 Å². The van der Waals surface area contributed by atoms with Crippen LogP contribution in [-0.4, -0.2) is 13.1 Å². The van der Waals surface area contributed by atoms with E-state index >= 15 is 0 Å². The lowest BCUT2D eigenvalue weighted by Gasteiger charge is -2.11. The standard InChI is InChI=1S/C14H10BrCl2NO3/c1-20-14(19)7-2-3-12(11(18)4-7)21-13-6-9(16)8(15)5-10(13)17/h2-6H,18H2,1H3. The number of hydrogen-bond donors (Lipinski definition) is 1. The molecule has 0 unspecified atom stereocenters. The SMILES string of the molecule is COC(=O)c1ccc(Oc2cc(Cl)c(Br)cc2Cl)c(N)c1. The molecule has 7 heteroatoms. The number of rotatable bonds is 3. The molecule has 0 saturated carbocycles. The average Bonchev–Trinajstić information content (AvgIpc) is 2.45. The van der Waals surface area contributed by atoms with E-state index in [0.29, 0.717) is 31.6 Å². The van der Waals surface area contributed by atoms with Crippen LogP contribution in [0.5, 0.6) is 11.5 Å². The van der Waals surface area contributed by atoms with Crippen molar-refractivity contribution in [2.75, 3.05) is 12.8 Å². The van der Waals surface area contributed by atoms with E-state index in [1.54, 1.807) is 24.3 Å². The van der Waals surface area contributed by atoms with Crippen LogP contribution in [0.15, 0.2) is 34.8 Å². The van der Waals surface area contributed by atoms with Crippen molar-refractivity contribution in [1.82, 2.24) is 0 Å². The summed E-state index contributed by atoms with van der Waals surface area (Å²) in [5.74, 6) is 0.253. The van der Waals surface area contributed by atoms with Gasteiger partial charge < -0.3 is 15.2 Å². The Bertz CT molecular complexity index is 707. The van der Waals surface area contributed by atoms with Crippen LogP contribution in [0.25, 0.3) is 0 Å². The van der Waals surface area contributed by atoms with Gasteiger partial charge >= 0.3 is 5.97 Å². The van der Waals surface area contributed by atoms with Gasteiger partial charge in [0.15, 0.2) is 0 Å². The first-order chi connectivity index (χ1) is 9.92. The molecule has 0 aromatic heterocycles. The molecule has 2 aromatic rings. The molecular formula is C14H10BrCl2NO3. The lowest BCUT2D eigenvalue weighted by Crippen LogP contribution is -2.02. The van der Waals surface area contributed by atoms with Crippen molar-refractivity contribution in [1.29, 1.82) is 0 Å². The molecule has 0 aliphatic rings. The van der Waals surface area contributed by atoms with Crippen molar-refractivity contribution >= 4 is 50.8 Å². The van der Waals surface area contributed by atoms with Crippen LogP contribution in [0.1, 0.15) is 10.4 Å². The molecule has 0 radical (unpaired) electrons. The maximum atomic E-state index is 11.4. The summed E-state index contributed by atoms with van der Waals surface area (Å²) in [6.07, 6.45) is 0. The van der Waals surface area contributed by atoms with Crippen molar-refractivity contribution in [2.24, 2.45) is 0 Å². The van der Waals surface area contributed by atoms with Crippen molar-refractivity contribution in [3.63, 3.8) is 0 Å². The zero-order valence-electron chi connectivity index (χ0n) is 10.8. The Kier molecular flexibility index (Phi) is 4.98. The number of nitrogens with two attached hydrogens (primary N) is 1. The predicted octanol–water partition coefficient (Wildman–Crippen LogP) is 4.92. The number of nitrogen functional groups attached to an aromatic ring is 1. The van der Waals surface area contributed by atoms with Gasteiger partial charge in [0.05, 0.1) is 28.4 Å². The molecular weight excluding hydrogens is 381 g/mol. The predicted molar refractivity (Wildman–Crippen MR) is 86.4 cm³/mol. The van der Waals surface area contributed by atoms with E-state index in [1.807, 2.05) is 0 Å². The van der Waals surface area contributed by atoms with Crippen molar-refractivity contribution in [2.45, 2.75) is 0 Å². The van der Waals surface area contributed by atoms with Gasteiger partial charge in [0.1, 0.15) is 11.5 Å². The van der Waals surface area contributed by atoms with E-state index in [-0.39, 0.29) is 5.69 Å². The van der Waals surface area contributed by atoms with Crippen LogP contribution >= 0.6 is 39.1 Å². The molecule has 0 bridgehead atoms. The van der Waals surface area contributed by atoms with Gasteiger partial charge in [-0.15, -0.1) is 0 Å². The van der Waals surface area contributed by atoms with E-state index < -0.39 is 5.97 Å². The minimum atomic E-state index is -0.474. The summed E-state index contributed by atoms with van der Waals surface area (Å²) >= 11 is 15.3. The highest BCUT2D eigenvalue weighted by atomic mass is 79.9. The highest BCUT2D eigenvalue weighted by molar-refractivity contribution is 9.10. The zero-order chi connectivity index (χ0) is 15.6. The molecule has 2 rings (SSSR count). The normalized spacial score (nSPS) is 10.3. The molecule has 0 fully saturated rings. The first-order valence-electron chi connectivity index (χ1n) is 5.72. The number of carbonyl (C=O) groups excluding carboxylic acids is 1. The topological polar surface area (TPSA) is 61.5 Å². The van der Waals surface area contributed by atoms with E-state index in [1.165, 1.54) is 13.2 Å². The second-order valence-corrected chi connectivity index (χ2v) is 5.71. The van der Waals surface area contributed by atoms with Crippen LogP contribution in [0.2, 0.25) is 10.0 Å². The summed E-state index contributed by atoms with van der Waals surface area (Å²) in [4.78, 5) is 11.4. The zero-order valence-corrected chi connectivity index (χ0v) is 13.9. The number of benzene rings is 2. The first-order valence-corrected chi connectivity index (χ1v) is 7.27. The van der Waals surface area contributed by atoms with Crippen LogP contribution in [0.3, 0.4) is 0 Å². The molecule has 0 aliphatic carbocycles. The number of carbonyl (C=O) groups is 1. The van der Waals surface area contributed by atoms with Gasteiger partial charge in [-0.1, -0.05) is 23.2 Å². The summed E-state index contributed by atoms with van der Waals surface area (Å²) < 4.78 is 10.9. The third-order valence-corrected chi connectivity index (χ3v) is 4.12. The maximum Gasteiger partial charge on any atom is 0.337 e. The summed E-state index contributed by atoms with van der Waals surface area (Å²) in [6, 6.07) is 7.77. The molecule has 0 aliphatic heterocycles. The van der Waals surface area contributed by atoms with Crippen LogP contribution in [0, 0.1) is 0 Å². The van der Waals surface area contributed by atoms with E-state index in [2.05, 4.69) is 20.7 Å². The Morgan fingerprint density at radius 1 is 1.14 bits per heavy atom. The van der Waals surface area contributed by atoms with Crippen molar-refractivity contribution in [3.05, 3.63) is 50.4 Å². The third-order valence-electron chi connectivity index (χ3n) is 2.63. The number of ether oxygens (including phenoxy) is 2. The minimum absolute atomic E-state index is 0.285. The van der Waals surface area contributed by atoms with Gasteiger partial charge in [0.25, 0.3) is 0 Å². The van der Waals surface area contributed by atoms with E-state index in [0.717, 1.165) is 0 Å². The Morgan fingerprint density at radius 2 is 1.86 bits per heavy atom. The second-order valence-electron chi connectivity index (χ2n) is 4.04. The fourth-order valence-electron chi connectivity index (χ4n) is 1.59. The van der Waals surface area contributed by atoms with Crippen LogP contribution < -0.4 is 10.5 Å². The van der Waals surface area contributed by atoms with Gasteiger partial charge in [-0.05, 0) is 40.2 Å². The maximum absolute atomic E-state index is 11.4. The Labute approximate surface area is 139 Å². The molecule has 0 atom stereocenters. The van der Waals surface area contributed by atoms with Gasteiger partial charge in [0, 0.05) is 10.5 Å². The molecule has 2 N–H and O–H groups in total. The first kappa shape index (κ1) is 15.9. The monoisotopic (exact) mass is 389 g/mol. The number of methoxy groups -OCH3 is 1. The van der Waals surface area contributed by atoms with Gasteiger partial charge in [-0.2, -0.15) is 0 Å². The van der Waals surface area contributed by atoms with Gasteiger partial charge in [-0.25, -0.2) is 4.79 Å². The molecule has 0 heterocycles. The van der Waals surface area contributed by atoms with Gasteiger partial charge in [0.2, 0.25) is 0 Å². The van der Waals surface area contributed by atoms with E-state index in [4.69, 9.17) is 33.7 Å². The fourth-order valence-corrected chi connectivity index (χ4v) is 2.42. The summed E-state index contributed by atoms with van der Waals surface area (Å²) in [6.45, 7) is 0. The van der Waals surface area contributed by atoms with Crippen molar-refractivity contribution in [3.8, 4) is 11.5 Å². The number of halogens is 3. The second kappa shape index (κ2) is 6.56. The molecule has 21 heavy (non-hydrogen) atoms. The molecule has 4 nitrogen and oxygen atoms in total. The summed E-state index contributed by atoms with van der Waals surface area (Å²) in [5, 5.41) is 0.835. The summed E-state index contributed by atoms with van der Waals surface area (Å²) in [5.41, 5.74) is 6.48. The molecule has 110 valence electrons. The third kappa shape index (κ3) is 3.61. The summed E-state index contributed by atoms with van der Waals surface area (Å²) in [7, 11) is 1.30. The smallest absolute Gasteiger partial charge is 0.337 e. The quantitative estimate of drug-likeness (QED) is 0.459. The lowest BCUT2D eigenvalue weighted by atomic mass is 10.2. The van der Waals surface area contributed by atoms with Crippen LogP contribution in [0.4, 0.5) is 5.69 Å². The number of esters is 1. The molecule has 0 saturated heterocycles. The highest BCUT2D eigenvalue weighted by Crippen LogP contribution is 2.38. The number of anilines is 1. The van der Waals surface area contributed by atoms with E-state index in [9.17, 15) is 4.79 Å². The Balaban J connectivity index is 2.32. The molecule has 0 amide bonds. The van der Waals surface area contributed by atoms with Gasteiger partial charge in [-0.3, -0.25) is 0 Å². The largest absolute Gasteiger partial charge is 0.465 e. The van der Waals surface area contributed by atoms with Crippen molar-refractivity contribution < 1.29 is 14.3 Å². The Hall–Kier alpha value is -1.43. The number of hydrogen-bond acceptors (Lipinski definition) is 4. The Morgan fingerprint density at radius 3 is 2.48 bits per heavy atom. The highest BCUT2D eigenvalue weighted by Gasteiger charge is 2.12. The molecule has 0 spiro atoms.